The summed E-state index contributed by atoms with van der Waals surface area (Å²) in [4.78, 5) is 12.5. The van der Waals surface area contributed by atoms with Crippen LogP contribution in [0.25, 0.3) is 11.5 Å². The van der Waals surface area contributed by atoms with Crippen molar-refractivity contribution in [1.29, 1.82) is 0 Å². The molecular formula is C18H22N4O3. The number of carbonyl (C=O) groups excluding carboxylic acids is 1. The fourth-order valence-corrected chi connectivity index (χ4v) is 4.11. The number of rotatable bonds is 3. The van der Waals surface area contributed by atoms with E-state index in [1.807, 2.05) is 25.1 Å². The summed E-state index contributed by atoms with van der Waals surface area (Å²) in [5.74, 6) is 0.834. The summed E-state index contributed by atoms with van der Waals surface area (Å²) in [5.41, 5.74) is 2.42. The lowest BCUT2D eigenvalue weighted by Gasteiger charge is -2.54. The largest absolute Gasteiger partial charge is 0.423 e. The van der Waals surface area contributed by atoms with Gasteiger partial charge in [0.15, 0.2) is 0 Å². The Labute approximate surface area is 146 Å². The maximum atomic E-state index is 12.5. The van der Waals surface area contributed by atoms with E-state index in [9.17, 15) is 4.79 Å². The van der Waals surface area contributed by atoms with Gasteiger partial charge in [-0.1, -0.05) is 19.9 Å². The van der Waals surface area contributed by atoms with Crippen molar-refractivity contribution in [3.8, 4) is 11.5 Å². The Morgan fingerprint density at radius 3 is 2.96 bits per heavy atom. The molecule has 1 aromatic heterocycles. The second kappa shape index (κ2) is 5.84. The van der Waals surface area contributed by atoms with Crippen LogP contribution in [0.4, 0.5) is 10.5 Å². The molecule has 2 aliphatic rings. The number of anilines is 1. The third-order valence-corrected chi connectivity index (χ3v) is 5.48. The Balaban J connectivity index is 1.47. The van der Waals surface area contributed by atoms with Gasteiger partial charge >= 0.3 is 6.03 Å². The number of hydrogen-bond acceptors (Lipinski definition) is 5. The van der Waals surface area contributed by atoms with Gasteiger partial charge in [0.1, 0.15) is 0 Å². The van der Waals surface area contributed by atoms with Crippen molar-refractivity contribution in [2.45, 2.75) is 39.3 Å². The van der Waals surface area contributed by atoms with Crippen LogP contribution in [0, 0.1) is 18.3 Å². The van der Waals surface area contributed by atoms with Gasteiger partial charge in [0.2, 0.25) is 12.3 Å². The number of urea groups is 1. The lowest BCUT2D eigenvalue weighted by atomic mass is 9.57. The molecule has 0 bridgehead atoms. The summed E-state index contributed by atoms with van der Waals surface area (Å²) in [6.45, 7) is 7.02. The molecule has 3 atom stereocenters. The normalized spacial score (nSPS) is 26.6. The maximum Gasteiger partial charge on any atom is 0.319 e. The van der Waals surface area contributed by atoms with Gasteiger partial charge in [-0.25, -0.2) is 4.79 Å². The van der Waals surface area contributed by atoms with Crippen molar-refractivity contribution >= 4 is 11.7 Å². The van der Waals surface area contributed by atoms with E-state index < -0.39 is 0 Å². The molecule has 2 amide bonds. The molecule has 0 radical (unpaired) electrons. The van der Waals surface area contributed by atoms with E-state index in [4.69, 9.17) is 9.15 Å². The second-order valence-corrected chi connectivity index (χ2v) is 7.42. The molecule has 7 heteroatoms. The Hall–Kier alpha value is -2.41. The highest BCUT2D eigenvalue weighted by Gasteiger charge is 2.59. The van der Waals surface area contributed by atoms with Gasteiger partial charge in [-0.2, -0.15) is 0 Å². The van der Waals surface area contributed by atoms with Crippen LogP contribution in [0.15, 0.2) is 29.0 Å². The van der Waals surface area contributed by atoms with E-state index in [0.29, 0.717) is 11.8 Å². The first-order valence-corrected chi connectivity index (χ1v) is 8.53. The fourth-order valence-electron chi connectivity index (χ4n) is 4.11. The molecular weight excluding hydrogens is 320 g/mol. The highest BCUT2D eigenvalue weighted by atomic mass is 16.5. The number of aromatic nitrogens is 2. The molecule has 7 nitrogen and oxygen atoms in total. The second-order valence-electron chi connectivity index (χ2n) is 7.42. The van der Waals surface area contributed by atoms with Gasteiger partial charge in [0.05, 0.1) is 6.10 Å². The number of nitrogens with zero attached hydrogens (tertiary/aromatic N) is 2. The van der Waals surface area contributed by atoms with Crippen LogP contribution in [-0.2, 0) is 4.74 Å². The summed E-state index contributed by atoms with van der Waals surface area (Å²) in [6.07, 6.45) is 2.54. The molecule has 1 saturated heterocycles. The lowest BCUT2D eigenvalue weighted by Crippen LogP contribution is -2.67. The smallest absolute Gasteiger partial charge is 0.319 e. The van der Waals surface area contributed by atoms with E-state index in [0.717, 1.165) is 29.8 Å². The van der Waals surface area contributed by atoms with Gasteiger partial charge in [-0.3, -0.25) is 0 Å². The number of ether oxygens (including phenoxy) is 1. The number of aryl methyl sites for hydroxylation is 1. The van der Waals surface area contributed by atoms with E-state index in [1.165, 1.54) is 6.39 Å². The highest BCUT2D eigenvalue weighted by Crippen LogP contribution is 2.52. The highest BCUT2D eigenvalue weighted by molar-refractivity contribution is 5.91. The zero-order valence-corrected chi connectivity index (χ0v) is 14.6. The minimum absolute atomic E-state index is 0.0425. The SMILES string of the molecule is Cc1ccc(-c2nnco2)cc1NC(=O)N[C@@H]1[C@@H]2CCO[C@@H]2C1(C)C. The predicted molar refractivity (Wildman–Crippen MR) is 92.0 cm³/mol. The van der Waals surface area contributed by atoms with E-state index in [-0.39, 0.29) is 23.6 Å². The molecule has 0 unspecified atom stereocenters. The van der Waals surface area contributed by atoms with Gasteiger partial charge < -0.3 is 19.8 Å². The van der Waals surface area contributed by atoms with Crippen molar-refractivity contribution in [2.24, 2.45) is 11.3 Å². The number of hydrogen-bond donors (Lipinski definition) is 2. The molecule has 2 aromatic rings. The average molecular weight is 342 g/mol. The number of amides is 2. The molecule has 1 aliphatic carbocycles. The first-order chi connectivity index (χ1) is 12.0. The number of nitrogens with one attached hydrogen (secondary N) is 2. The van der Waals surface area contributed by atoms with Gasteiger partial charge in [0.25, 0.3) is 0 Å². The molecule has 2 fully saturated rings. The molecule has 132 valence electrons. The van der Waals surface area contributed by atoms with Crippen molar-refractivity contribution in [3.63, 3.8) is 0 Å². The number of fused-ring (bicyclic) bond motifs is 1. The summed E-state index contributed by atoms with van der Waals surface area (Å²) in [5, 5.41) is 13.7. The zero-order valence-electron chi connectivity index (χ0n) is 14.6. The lowest BCUT2D eigenvalue weighted by molar-refractivity contribution is -0.107. The Bertz CT molecular complexity index is 788. The molecule has 4 rings (SSSR count). The van der Waals surface area contributed by atoms with Gasteiger partial charge in [-0.15, -0.1) is 10.2 Å². The quantitative estimate of drug-likeness (QED) is 0.895. The van der Waals surface area contributed by atoms with Crippen LogP contribution in [0.5, 0.6) is 0 Å². The standard InChI is InChI=1S/C18H22N4O3/c1-10-4-5-11(16-22-19-9-25-16)8-13(10)20-17(23)21-14-12-6-7-24-15(12)18(14,2)3/h4-5,8-9,12,14-15H,6-7H2,1-3H3,(H2,20,21,23)/t12-,14+,15-/m0/s1. The van der Waals surface area contributed by atoms with Crippen molar-refractivity contribution in [3.05, 3.63) is 30.2 Å². The van der Waals surface area contributed by atoms with Crippen LogP contribution in [-0.4, -0.2) is 35.0 Å². The van der Waals surface area contributed by atoms with Crippen LogP contribution >= 0.6 is 0 Å². The van der Waals surface area contributed by atoms with E-state index >= 15 is 0 Å². The van der Waals surface area contributed by atoms with Crippen molar-refractivity contribution in [2.75, 3.05) is 11.9 Å². The minimum atomic E-state index is -0.200. The molecule has 2 N–H and O–H groups in total. The summed E-state index contributed by atoms with van der Waals surface area (Å²) >= 11 is 0. The van der Waals surface area contributed by atoms with Crippen LogP contribution in [0.3, 0.4) is 0 Å². The Morgan fingerprint density at radius 1 is 1.36 bits per heavy atom. The topological polar surface area (TPSA) is 89.3 Å². The monoisotopic (exact) mass is 342 g/mol. The molecule has 25 heavy (non-hydrogen) atoms. The van der Waals surface area contributed by atoms with Gasteiger partial charge in [0, 0.05) is 35.2 Å². The molecule has 1 saturated carbocycles. The number of benzene rings is 1. The van der Waals surface area contributed by atoms with Gasteiger partial charge in [-0.05, 0) is 31.0 Å². The zero-order chi connectivity index (χ0) is 17.6. The predicted octanol–water partition coefficient (Wildman–Crippen LogP) is 2.98. The first kappa shape index (κ1) is 16.1. The van der Waals surface area contributed by atoms with Crippen LogP contribution in [0.2, 0.25) is 0 Å². The first-order valence-electron chi connectivity index (χ1n) is 8.53. The fraction of sp³-hybridized carbons (Fsp3) is 0.500. The number of carbonyl (C=O) groups is 1. The van der Waals surface area contributed by atoms with Crippen LogP contribution < -0.4 is 10.6 Å². The molecule has 0 spiro atoms. The molecule has 1 aromatic carbocycles. The Kier molecular flexibility index (Phi) is 3.76. The third kappa shape index (κ3) is 2.68. The molecule has 1 aliphatic heterocycles. The summed E-state index contributed by atoms with van der Waals surface area (Å²) in [7, 11) is 0. The van der Waals surface area contributed by atoms with E-state index in [2.05, 4.69) is 34.7 Å². The van der Waals surface area contributed by atoms with E-state index in [1.54, 1.807) is 0 Å². The van der Waals surface area contributed by atoms with Crippen LogP contribution in [0.1, 0.15) is 25.8 Å². The van der Waals surface area contributed by atoms with Crippen molar-refractivity contribution < 1.29 is 13.9 Å². The average Bonchev–Trinajstić information content (AvgIpc) is 3.25. The van der Waals surface area contributed by atoms with Crippen molar-refractivity contribution in [1.82, 2.24) is 15.5 Å². The minimum Gasteiger partial charge on any atom is -0.423 e. The Morgan fingerprint density at radius 2 is 2.20 bits per heavy atom. The summed E-state index contributed by atoms with van der Waals surface area (Å²) < 4.78 is 11.0. The maximum absolute atomic E-state index is 12.5. The third-order valence-electron chi connectivity index (χ3n) is 5.48. The summed E-state index contributed by atoms with van der Waals surface area (Å²) in [6, 6.07) is 5.58. The molecule has 2 heterocycles.